The molecule has 0 aromatic rings. The van der Waals surface area contributed by atoms with Crippen LogP contribution in [0, 0.1) is 35.0 Å². The molecular weight excluding hydrogens is 626 g/mol. The van der Waals surface area contributed by atoms with Crippen molar-refractivity contribution in [1.29, 1.82) is 0 Å². The number of fused-ring (bicyclic) bond motifs is 1. The van der Waals surface area contributed by atoms with Crippen LogP contribution in [0.2, 0.25) is 0 Å². The Morgan fingerprint density at radius 2 is 1.60 bits per heavy atom. The fourth-order valence-electron chi connectivity index (χ4n) is 9.26. The Balaban J connectivity index is 1.07. The maximum Gasteiger partial charge on any atom is 0.405 e. The van der Waals surface area contributed by atoms with E-state index in [2.05, 4.69) is 4.74 Å². The summed E-state index contributed by atoms with van der Waals surface area (Å²) in [6.07, 6.45) is 0.833. The summed E-state index contributed by atoms with van der Waals surface area (Å²) >= 11 is 0. The van der Waals surface area contributed by atoms with Gasteiger partial charge in [-0.25, -0.2) is 9.59 Å². The standard InChI is InChI=1S/C29H38F2O13S/c1-4-27(3,28-8-14-5-15(9-28)7-16(6-14)10-28)44-26(35)20-19-21-24(43-25(19)34)23(22(20)42-21)41-18(33)12-39-11-17(32)40-13(2)29(30,31)45(36,37)38/h13-16,19-24H,4-12H2,1-3H3,(H,36,37,38). The van der Waals surface area contributed by atoms with E-state index in [-0.39, 0.29) is 5.41 Å². The third-order valence-electron chi connectivity index (χ3n) is 11.2. The Morgan fingerprint density at radius 1 is 1.02 bits per heavy atom. The third kappa shape index (κ3) is 5.32. The SMILES string of the molecule is CCC(C)(OC(=O)C1C2OC3C(OC(=O)C31)C2OC(=O)COCC(=O)OC(C)C(F)(F)S(=O)(=O)O)C12CC3CC(CC(C3)C1)C2. The minimum absolute atomic E-state index is 0.131. The first-order chi connectivity index (χ1) is 21.0. The van der Waals surface area contributed by atoms with E-state index in [1.165, 1.54) is 19.3 Å². The summed E-state index contributed by atoms with van der Waals surface area (Å²) in [6, 6.07) is 0. The number of ether oxygens (including phenoxy) is 6. The maximum atomic E-state index is 13.9. The van der Waals surface area contributed by atoms with Gasteiger partial charge >= 0.3 is 39.2 Å². The summed E-state index contributed by atoms with van der Waals surface area (Å²) in [5.41, 5.74) is -0.880. The normalized spacial score (nSPS) is 39.7. The molecule has 45 heavy (non-hydrogen) atoms. The predicted octanol–water partition coefficient (Wildman–Crippen LogP) is 2.19. The van der Waals surface area contributed by atoms with Crippen LogP contribution in [0.15, 0.2) is 0 Å². The van der Waals surface area contributed by atoms with Crippen molar-refractivity contribution in [3.63, 3.8) is 0 Å². The fraction of sp³-hybridized carbons (Fsp3) is 0.862. The molecule has 3 saturated heterocycles. The number of hydrogen-bond acceptors (Lipinski definition) is 12. The lowest BCUT2D eigenvalue weighted by atomic mass is 9.45. The molecule has 4 saturated carbocycles. The van der Waals surface area contributed by atoms with Crippen molar-refractivity contribution in [2.45, 2.75) is 107 Å². The first kappa shape index (κ1) is 32.5. The Kier molecular flexibility index (Phi) is 8.01. The minimum atomic E-state index is -5.85. The highest BCUT2D eigenvalue weighted by atomic mass is 32.2. The molecule has 3 heterocycles. The van der Waals surface area contributed by atoms with Crippen LogP contribution in [0.4, 0.5) is 8.78 Å². The van der Waals surface area contributed by atoms with Gasteiger partial charge in [-0.3, -0.25) is 14.1 Å². The van der Waals surface area contributed by atoms with Gasteiger partial charge in [0.1, 0.15) is 42.9 Å². The lowest BCUT2D eigenvalue weighted by molar-refractivity contribution is -0.211. The van der Waals surface area contributed by atoms with E-state index in [9.17, 15) is 36.4 Å². The van der Waals surface area contributed by atoms with Crippen LogP contribution >= 0.6 is 0 Å². The van der Waals surface area contributed by atoms with Crippen LogP contribution < -0.4 is 0 Å². The van der Waals surface area contributed by atoms with Gasteiger partial charge < -0.3 is 28.4 Å². The van der Waals surface area contributed by atoms with E-state index >= 15 is 0 Å². The molecule has 0 aromatic heterocycles. The molecule has 8 atom stereocenters. The quantitative estimate of drug-likeness (QED) is 0.183. The Morgan fingerprint density at radius 3 is 2.16 bits per heavy atom. The molecule has 7 aliphatic rings. The van der Waals surface area contributed by atoms with Crippen LogP contribution in [-0.4, -0.2) is 91.4 Å². The number of alkyl halides is 2. The third-order valence-corrected chi connectivity index (χ3v) is 12.2. The molecule has 6 bridgehead atoms. The fourth-order valence-corrected chi connectivity index (χ4v) is 9.72. The molecule has 16 heteroatoms. The molecule has 4 aliphatic carbocycles. The second-order valence-electron chi connectivity index (χ2n) is 13.8. The van der Waals surface area contributed by atoms with Gasteiger partial charge in [0.25, 0.3) is 0 Å². The first-order valence-corrected chi connectivity index (χ1v) is 16.8. The largest absolute Gasteiger partial charge is 0.458 e. The summed E-state index contributed by atoms with van der Waals surface area (Å²) < 4.78 is 89.8. The van der Waals surface area contributed by atoms with E-state index in [1.807, 2.05) is 13.8 Å². The summed E-state index contributed by atoms with van der Waals surface area (Å²) in [6.45, 7) is 2.67. The maximum absolute atomic E-state index is 13.9. The van der Waals surface area contributed by atoms with E-state index in [1.54, 1.807) is 0 Å². The molecule has 1 N–H and O–H groups in total. The molecule has 252 valence electrons. The summed E-state index contributed by atoms with van der Waals surface area (Å²) in [5, 5.41) is -4.76. The van der Waals surface area contributed by atoms with Crippen molar-refractivity contribution in [3.05, 3.63) is 0 Å². The number of carbonyl (C=O) groups excluding carboxylic acids is 4. The average Bonchev–Trinajstić information content (AvgIpc) is 3.55. The highest BCUT2D eigenvalue weighted by Crippen LogP contribution is 2.65. The second kappa shape index (κ2) is 11.1. The molecule has 0 radical (unpaired) electrons. The molecule has 3 aliphatic heterocycles. The van der Waals surface area contributed by atoms with Crippen LogP contribution in [-0.2, 0) is 57.7 Å². The van der Waals surface area contributed by atoms with E-state index < -0.39 is 100 Å². The Hall–Kier alpha value is -2.43. The molecule has 8 unspecified atom stereocenters. The highest BCUT2D eigenvalue weighted by Gasteiger charge is 2.72. The topological polar surface area (TPSA) is 178 Å². The molecule has 7 fully saturated rings. The van der Waals surface area contributed by atoms with Gasteiger partial charge in [0.15, 0.2) is 18.3 Å². The zero-order valence-electron chi connectivity index (χ0n) is 25.1. The van der Waals surface area contributed by atoms with Crippen molar-refractivity contribution in [3.8, 4) is 0 Å². The molecule has 13 nitrogen and oxygen atoms in total. The highest BCUT2D eigenvalue weighted by molar-refractivity contribution is 7.86. The smallest absolute Gasteiger partial charge is 0.405 e. The Bertz CT molecular complexity index is 1330. The lowest BCUT2D eigenvalue weighted by Crippen LogP contribution is -2.59. The molecule has 7 rings (SSSR count). The Labute approximate surface area is 258 Å². The van der Waals surface area contributed by atoms with Gasteiger partial charge in [-0.1, -0.05) is 6.92 Å². The molecule has 0 amide bonds. The van der Waals surface area contributed by atoms with Gasteiger partial charge in [0.05, 0.1) is 0 Å². The zero-order valence-corrected chi connectivity index (χ0v) is 26.0. The average molecular weight is 665 g/mol. The van der Waals surface area contributed by atoms with Gasteiger partial charge in [-0.15, -0.1) is 0 Å². The summed E-state index contributed by atoms with van der Waals surface area (Å²) in [5.74, 6) is -3.76. The number of esters is 4. The van der Waals surface area contributed by atoms with Gasteiger partial charge in [-0.2, -0.15) is 17.2 Å². The second-order valence-corrected chi connectivity index (χ2v) is 15.3. The van der Waals surface area contributed by atoms with Crippen LogP contribution in [0.3, 0.4) is 0 Å². The van der Waals surface area contributed by atoms with Crippen molar-refractivity contribution < 1.29 is 69.4 Å². The van der Waals surface area contributed by atoms with Gasteiger partial charge in [-0.05, 0) is 76.5 Å². The van der Waals surface area contributed by atoms with Crippen LogP contribution in [0.25, 0.3) is 0 Å². The number of rotatable bonds is 12. The van der Waals surface area contributed by atoms with Crippen LogP contribution in [0.5, 0.6) is 0 Å². The van der Waals surface area contributed by atoms with Gasteiger partial charge in [0, 0.05) is 5.41 Å². The van der Waals surface area contributed by atoms with Crippen molar-refractivity contribution in [2.75, 3.05) is 13.2 Å². The van der Waals surface area contributed by atoms with Crippen molar-refractivity contribution in [1.82, 2.24) is 0 Å². The van der Waals surface area contributed by atoms with Crippen LogP contribution in [0.1, 0.15) is 65.7 Å². The number of carbonyl (C=O) groups is 4. The lowest BCUT2D eigenvalue weighted by Gasteiger charge is -2.62. The van der Waals surface area contributed by atoms with E-state index in [0.717, 1.165) is 19.3 Å². The van der Waals surface area contributed by atoms with Crippen molar-refractivity contribution >= 4 is 34.0 Å². The molecule has 0 aromatic carbocycles. The summed E-state index contributed by atoms with van der Waals surface area (Å²) in [7, 11) is -5.85. The molecule has 0 spiro atoms. The number of hydrogen-bond donors (Lipinski definition) is 1. The minimum Gasteiger partial charge on any atom is -0.458 e. The zero-order chi connectivity index (χ0) is 32.7. The summed E-state index contributed by atoms with van der Waals surface area (Å²) in [4.78, 5) is 51.1. The van der Waals surface area contributed by atoms with E-state index in [4.69, 9.17) is 28.2 Å². The first-order valence-electron chi connectivity index (χ1n) is 15.4. The van der Waals surface area contributed by atoms with Gasteiger partial charge in [0.2, 0.25) is 0 Å². The predicted molar refractivity (Wildman–Crippen MR) is 144 cm³/mol. The van der Waals surface area contributed by atoms with E-state index in [0.29, 0.717) is 31.1 Å². The number of halogens is 2. The van der Waals surface area contributed by atoms with Crippen molar-refractivity contribution in [2.24, 2.45) is 35.0 Å². The monoisotopic (exact) mass is 664 g/mol. The molecular formula is C29H38F2O13S.